The topological polar surface area (TPSA) is 34.1 Å². The van der Waals surface area contributed by atoms with E-state index in [0.717, 1.165) is 25.7 Å². The normalized spacial score (nSPS) is 29.1. The van der Waals surface area contributed by atoms with Crippen molar-refractivity contribution in [3.63, 3.8) is 0 Å². The van der Waals surface area contributed by atoms with Crippen LogP contribution in [0.25, 0.3) is 0 Å². The van der Waals surface area contributed by atoms with Crippen molar-refractivity contribution < 1.29 is 9.59 Å². The van der Waals surface area contributed by atoms with Crippen LogP contribution >= 0.6 is 0 Å². The van der Waals surface area contributed by atoms with Crippen molar-refractivity contribution in [3.05, 3.63) is 0 Å². The third-order valence-corrected chi connectivity index (χ3v) is 4.23. The van der Waals surface area contributed by atoms with Gasteiger partial charge in [0.05, 0.1) is 0 Å². The zero-order valence-electron chi connectivity index (χ0n) is 11.0. The van der Waals surface area contributed by atoms with Crippen LogP contribution in [0.3, 0.4) is 0 Å². The summed E-state index contributed by atoms with van der Waals surface area (Å²) in [6, 6.07) is 0. The molecule has 0 N–H and O–H groups in total. The lowest BCUT2D eigenvalue weighted by Crippen LogP contribution is -2.42. The van der Waals surface area contributed by atoms with Crippen molar-refractivity contribution in [2.45, 2.75) is 59.8 Å². The van der Waals surface area contributed by atoms with Crippen LogP contribution < -0.4 is 0 Å². The summed E-state index contributed by atoms with van der Waals surface area (Å²) >= 11 is 0. The zero-order chi connectivity index (χ0) is 12.3. The number of rotatable bonds is 4. The molecule has 2 unspecified atom stereocenters. The largest absolute Gasteiger partial charge is 0.300 e. The average Bonchev–Trinajstić information content (AvgIpc) is 2.20. The number of Topliss-reactive ketones (excluding diaryl/α,β-unsaturated/α-hetero) is 2. The van der Waals surface area contributed by atoms with E-state index in [0.29, 0.717) is 18.1 Å². The van der Waals surface area contributed by atoms with E-state index in [2.05, 4.69) is 20.8 Å². The lowest BCUT2D eigenvalue weighted by molar-refractivity contribution is -0.138. The third-order valence-electron chi connectivity index (χ3n) is 4.23. The van der Waals surface area contributed by atoms with Gasteiger partial charge in [0, 0.05) is 17.8 Å². The van der Waals surface area contributed by atoms with Crippen LogP contribution in [0.2, 0.25) is 0 Å². The molecular weight excluding hydrogens is 200 g/mol. The van der Waals surface area contributed by atoms with Gasteiger partial charge in [-0.3, -0.25) is 4.79 Å². The highest BCUT2D eigenvalue weighted by atomic mass is 16.1. The zero-order valence-corrected chi connectivity index (χ0v) is 11.0. The minimum Gasteiger partial charge on any atom is -0.300 e. The van der Waals surface area contributed by atoms with E-state index in [-0.39, 0.29) is 17.1 Å². The summed E-state index contributed by atoms with van der Waals surface area (Å²) in [7, 11) is 0. The Kier molecular flexibility index (Phi) is 4.28. The van der Waals surface area contributed by atoms with E-state index in [1.54, 1.807) is 6.92 Å². The Morgan fingerprint density at radius 2 is 2.00 bits per heavy atom. The van der Waals surface area contributed by atoms with E-state index >= 15 is 0 Å². The fraction of sp³-hybridized carbons (Fsp3) is 0.857. The van der Waals surface area contributed by atoms with Crippen LogP contribution in [0.4, 0.5) is 0 Å². The molecule has 0 aliphatic heterocycles. The Balaban J connectivity index is 2.65. The summed E-state index contributed by atoms with van der Waals surface area (Å²) in [5.41, 5.74) is -0.186. The second-order valence-electron chi connectivity index (χ2n) is 5.71. The van der Waals surface area contributed by atoms with Crippen molar-refractivity contribution in [2.75, 3.05) is 0 Å². The molecule has 0 amide bonds. The smallest absolute Gasteiger partial charge is 0.141 e. The molecule has 1 aliphatic carbocycles. The molecule has 0 aromatic rings. The minimum absolute atomic E-state index is 0.127. The molecule has 0 aromatic heterocycles. The molecule has 1 rings (SSSR count). The number of hydrogen-bond donors (Lipinski definition) is 0. The summed E-state index contributed by atoms with van der Waals surface area (Å²) in [5, 5.41) is 0. The first-order chi connectivity index (χ1) is 7.39. The molecule has 92 valence electrons. The standard InChI is InChI=1S/C14H24O2/c1-5-12-9-8-11(7-6-10(2)15)13(16)14(12,3)4/h11-12H,5-9H2,1-4H3. The monoisotopic (exact) mass is 224 g/mol. The number of carbonyl (C=O) groups is 2. The fourth-order valence-electron chi connectivity index (χ4n) is 2.99. The first kappa shape index (κ1) is 13.4. The molecule has 2 nitrogen and oxygen atoms in total. The third kappa shape index (κ3) is 2.72. The van der Waals surface area contributed by atoms with Crippen LogP contribution in [-0.2, 0) is 9.59 Å². The fourth-order valence-corrected chi connectivity index (χ4v) is 2.99. The van der Waals surface area contributed by atoms with Crippen molar-refractivity contribution in [3.8, 4) is 0 Å². The van der Waals surface area contributed by atoms with E-state index in [9.17, 15) is 9.59 Å². The van der Waals surface area contributed by atoms with Gasteiger partial charge in [-0.2, -0.15) is 0 Å². The van der Waals surface area contributed by atoms with Crippen LogP contribution in [0.5, 0.6) is 0 Å². The molecule has 16 heavy (non-hydrogen) atoms. The molecule has 2 heteroatoms. The Hall–Kier alpha value is -0.660. The van der Waals surface area contributed by atoms with Gasteiger partial charge in [0.25, 0.3) is 0 Å². The van der Waals surface area contributed by atoms with Crippen molar-refractivity contribution in [1.29, 1.82) is 0 Å². The molecule has 1 aliphatic rings. The van der Waals surface area contributed by atoms with E-state index in [1.807, 2.05) is 0 Å². The van der Waals surface area contributed by atoms with Crippen molar-refractivity contribution >= 4 is 11.6 Å². The van der Waals surface area contributed by atoms with Gasteiger partial charge in [-0.25, -0.2) is 0 Å². The van der Waals surface area contributed by atoms with Gasteiger partial charge >= 0.3 is 0 Å². The summed E-state index contributed by atoms with van der Waals surface area (Å²) in [6.07, 6.45) is 4.52. The summed E-state index contributed by atoms with van der Waals surface area (Å²) in [5.74, 6) is 1.23. The molecule has 1 fully saturated rings. The van der Waals surface area contributed by atoms with Crippen LogP contribution in [-0.4, -0.2) is 11.6 Å². The van der Waals surface area contributed by atoms with Crippen LogP contribution in [0.1, 0.15) is 59.8 Å². The first-order valence-electron chi connectivity index (χ1n) is 6.43. The Bertz CT molecular complexity index is 278. The van der Waals surface area contributed by atoms with Gasteiger partial charge in [-0.1, -0.05) is 27.2 Å². The van der Waals surface area contributed by atoms with Gasteiger partial charge in [0.2, 0.25) is 0 Å². The van der Waals surface area contributed by atoms with Crippen molar-refractivity contribution in [1.82, 2.24) is 0 Å². The predicted molar refractivity (Wildman–Crippen MR) is 65.2 cm³/mol. The maximum atomic E-state index is 12.3. The SMILES string of the molecule is CCC1CCC(CCC(C)=O)C(=O)C1(C)C. The van der Waals surface area contributed by atoms with Gasteiger partial charge in [0.1, 0.15) is 11.6 Å². The molecule has 0 aromatic carbocycles. The van der Waals surface area contributed by atoms with E-state index in [1.165, 1.54) is 0 Å². The molecule has 0 heterocycles. The summed E-state index contributed by atoms with van der Waals surface area (Å²) < 4.78 is 0. The molecule has 0 saturated heterocycles. The maximum Gasteiger partial charge on any atom is 0.141 e. The minimum atomic E-state index is -0.186. The molecule has 0 radical (unpaired) electrons. The lowest BCUT2D eigenvalue weighted by atomic mass is 9.62. The van der Waals surface area contributed by atoms with Gasteiger partial charge in [0.15, 0.2) is 0 Å². The van der Waals surface area contributed by atoms with Crippen LogP contribution in [0, 0.1) is 17.3 Å². The molecule has 1 saturated carbocycles. The summed E-state index contributed by atoms with van der Waals surface area (Å²) in [6.45, 7) is 7.91. The molecular formula is C14H24O2. The Morgan fingerprint density at radius 1 is 1.38 bits per heavy atom. The second-order valence-corrected chi connectivity index (χ2v) is 5.71. The average molecular weight is 224 g/mol. The van der Waals surface area contributed by atoms with E-state index in [4.69, 9.17) is 0 Å². The highest BCUT2D eigenvalue weighted by Gasteiger charge is 2.42. The molecule has 0 bridgehead atoms. The second kappa shape index (κ2) is 5.11. The Labute approximate surface area is 98.8 Å². The van der Waals surface area contributed by atoms with Crippen molar-refractivity contribution in [2.24, 2.45) is 17.3 Å². The molecule has 2 atom stereocenters. The number of carbonyl (C=O) groups excluding carboxylic acids is 2. The quantitative estimate of drug-likeness (QED) is 0.733. The highest BCUT2D eigenvalue weighted by Crippen LogP contribution is 2.43. The lowest BCUT2D eigenvalue weighted by Gasteiger charge is -2.40. The Morgan fingerprint density at radius 3 is 2.50 bits per heavy atom. The van der Waals surface area contributed by atoms with Gasteiger partial charge in [-0.15, -0.1) is 0 Å². The van der Waals surface area contributed by atoms with E-state index < -0.39 is 0 Å². The number of hydrogen-bond acceptors (Lipinski definition) is 2. The predicted octanol–water partition coefficient (Wildman–Crippen LogP) is 3.39. The van der Waals surface area contributed by atoms with Gasteiger partial charge < -0.3 is 4.79 Å². The highest BCUT2D eigenvalue weighted by molar-refractivity contribution is 5.88. The first-order valence-corrected chi connectivity index (χ1v) is 6.43. The number of ketones is 2. The maximum absolute atomic E-state index is 12.3. The molecule has 0 spiro atoms. The van der Waals surface area contributed by atoms with Gasteiger partial charge in [-0.05, 0) is 32.1 Å². The summed E-state index contributed by atoms with van der Waals surface area (Å²) in [4.78, 5) is 23.3. The van der Waals surface area contributed by atoms with Crippen LogP contribution in [0.15, 0.2) is 0 Å².